The quantitative estimate of drug-likeness (QED) is 0.649. The number of rotatable bonds is 7. The normalized spacial score (nSPS) is 11.7. The Morgan fingerprint density at radius 1 is 1.10 bits per heavy atom. The standard InChI is InChI=1S/C21H23Cl3N2O3/c1-12-7-17(8-13(2)20(12)24)29-11-19(27)26(14(3)21(28)25-4)10-15-5-6-16(22)9-18(15)23/h5-9,14H,10-11H2,1-4H3,(H,25,28)/t14-/m1/s1. The molecule has 1 atom stereocenters. The highest BCUT2D eigenvalue weighted by Gasteiger charge is 2.26. The maximum absolute atomic E-state index is 12.9. The molecule has 0 heterocycles. The van der Waals surface area contributed by atoms with Gasteiger partial charge in [-0.25, -0.2) is 0 Å². The van der Waals surface area contributed by atoms with Gasteiger partial charge in [0.25, 0.3) is 5.91 Å². The van der Waals surface area contributed by atoms with Crippen molar-refractivity contribution in [2.45, 2.75) is 33.4 Å². The molecule has 0 fully saturated rings. The fraction of sp³-hybridized carbons (Fsp3) is 0.333. The lowest BCUT2D eigenvalue weighted by Crippen LogP contribution is -2.48. The lowest BCUT2D eigenvalue weighted by molar-refractivity contribution is -0.142. The maximum Gasteiger partial charge on any atom is 0.261 e. The molecule has 2 aromatic rings. The first-order chi connectivity index (χ1) is 13.6. The second-order valence-electron chi connectivity index (χ2n) is 6.71. The van der Waals surface area contributed by atoms with E-state index >= 15 is 0 Å². The van der Waals surface area contributed by atoms with E-state index in [2.05, 4.69) is 5.32 Å². The fourth-order valence-corrected chi connectivity index (χ4v) is 3.42. The van der Waals surface area contributed by atoms with Crippen LogP contribution in [-0.2, 0) is 16.1 Å². The van der Waals surface area contributed by atoms with Gasteiger partial charge in [-0.15, -0.1) is 0 Å². The van der Waals surface area contributed by atoms with Crippen molar-refractivity contribution in [2.24, 2.45) is 0 Å². The zero-order valence-electron chi connectivity index (χ0n) is 16.7. The lowest BCUT2D eigenvalue weighted by atomic mass is 10.1. The number of carbonyl (C=O) groups excluding carboxylic acids is 2. The van der Waals surface area contributed by atoms with Crippen molar-refractivity contribution < 1.29 is 14.3 Å². The van der Waals surface area contributed by atoms with E-state index in [1.807, 2.05) is 13.8 Å². The summed E-state index contributed by atoms with van der Waals surface area (Å²) >= 11 is 18.4. The summed E-state index contributed by atoms with van der Waals surface area (Å²) in [6.45, 7) is 5.30. The molecule has 0 aliphatic rings. The minimum atomic E-state index is -0.712. The molecule has 29 heavy (non-hydrogen) atoms. The van der Waals surface area contributed by atoms with E-state index in [0.29, 0.717) is 26.4 Å². The number of carbonyl (C=O) groups is 2. The van der Waals surface area contributed by atoms with Gasteiger partial charge in [-0.3, -0.25) is 9.59 Å². The van der Waals surface area contributed by atoms with Crippen molar-refractivity contribution in [2.75, 3.05) is 13.7 Å². The average molecular weight is 458 g/mol. The number of benzene rings is 2. The van der Waals surface area contributed by atoms with Crippen molar-refractivity contribution in [1.82, 2.24) is 10.2 Å². The highest BCUT2D eigenvalue weighted by molar-refractivity contribution is 6.35. The zero-order valence-corrected chi connectivity index (χ0v) is 19.0. The van der Waals surface area contributed by atoms with Crippen LogP contribution in [0.4, 0.5) is 0 Å². The molecule has 2 amide bonds. The van der Waals surface area contributed by atoms with Crippen molar-refractivity contribution in [1.29, 1.82) is 0 Å². The number of likely N-dealkylation sites (N-methyl/N-ethyl adjacent to an activating group) is 1. The minimum Gasteiger partial charge on any atom is -0.484 e. The molecule has 2 aromatic carbocycles. The number of nitrogens with one attached hydrogen (secondary N) is 1. The molecular formula is C21H23Cl3N2O3. The van der Waals surface area contributed by atoms with Crippen LogP contribution in [0.3, 0.4) is 0 Å². The third kappa shape index (κ3) is 6.01. The molecule has 0 aromatic heterocycles. The van der Waals surface area contributed by atoms with E-state index < -0.39 is 6.04 Å². The van der Waals surface area contributed by atoms with Crippen LogP contribution in [0, 0.1) is 13.8 Å². The Labute approximate surface area is 185 Å². The summed E-state index contributed by atoms with van der Waals surface area (Å²) in [5.41, 5.74) is 2.40. The van der Waals surface area contributed by atoms with Gasteiger partial charge >= 0.3 is 0 Å². The van der Waals surface area contributed by atoms with Crippen molar-refractivity contribution in [3.8, 4) is 5.75 Å². The number of halogens is 3. The van der Waals surface area contributed by atoms with Crippen LogP contribution in [0.25, 0.3) is 0 Å². The SMILES string of the molecule is CNC(=O)[C@@H](C)N(Cc1ccc(Cl)cc1Cl)C(=O)COc1cc(C)c(Cl)c(C)c1. The van der Waals surface area contributed by atoms with E-state index in [9.17, 15) is 9.59 Å². The smallest absolute Gasteiger partial charge is 0.261 e. The topological polar surface area (TPSA) is 58.6 Å². The van der Waals surface area contributed by atoms with Gasteiger partial charge in [-0.2, -0.15) is 0 Å². The molecule has 156 valence electrons. The molecular weight excluding hydrogens is 435 g/mol. The number of aryl methyl sites for hydroxylation is 2. The maximum atomic E-state index is 12.9. The molecule has 8 heteroatoms. The van der Waals surface area contributed by atoms with Gasteiger partial charge < -0.3 is 15.0 Å². The van der Waals surface area contributed by atoms with Gasteiger partial charge in [0.2, 0.25) is 5.91 Å². The van der Waals surface area contributed by atoms with Gasteiger partial charge in [0.1, 0.15) is 11.8 Å². The van der Waals surface area contributed by atoms with Gasteiger partial charge in [0.05, 0.1) is 0 Å². The van der Waals surface area contributed by atoms with Crippen LogP contribution in [0.2, 0.25) is 15.1 Å². The summed E-state index contributed by atoms with van der Waals surface area (Å²) in [7, 11) is 1.52. The van der Waals surface area contributed by atoms with E-state index in [-0.39, 0.29) is 25.0 Å². The highest BCUT2D eigenvalue weighted by Crippen LogP contribution is 2.26. The second-order valence-corrected chi connectivity index (χ2v) is 7.93. The summed E-state index contributed by atoms with van der Waals surface area (Å²) in [5, 5.41) is 4.14. The van der Waals surface area contributed by atoms with E-state index in [4.69, 9.17) is 39.5 Å². The second kappa shape index (κ2) is 10.2. The first-order valence-corrected chi connectivity index (χ1v) is 10.1. The van der Waals surface area contributed by atoms with Crippen molar-refractivity contribution in [3.63, 3.8) is 0 Å². The van der Waals surface area contributed by atoms with Gasteiger partial charge in [-0.05, 0) is 61.7 Å². The van der Waals surface area contributed by atoms with Crippen LogP contribution in [0.1, 0.15) is 23.6 Å². The van der Waals surface area contributed by atoms with Crippen molar-refractivity contribution >= 4 is 46.6 Å². The van der Waals surface area contributed by atoms with Crippen LogP contribution in [0.15, 0.2) is 30.3 Å². The molecule has 0 unspecified atom stereocenters. The van der Waals surface area contributed by atoms with Gasteiger partial charge in [-0.1, -0.05) is 40.9 Å². The Bertz CT molecular complexity index is 895. The third-order valence-corrected chi connectivity index (χ3v) is 5.72. The summed E-state index contributed by atoms with van der Waals surface area (Å²) in [4.78, 5) is 26.5. The fourth-order valence-electron chi connectivity index (χ4n) is 2.84. The van der Waals surface area contributed by atoms with Gasteiger partial charge in [0.15, 0.2) is 6.61 Å². The zero-order chi connectivity index (χ0) is 21.7. The molecule has 0 saturated heterocycles. The summed E-state index contributed by atoms with van der Waals surface area (Å²) in [6.07, 6.45) is 0. The third-order valence-electron chi connectivity index (χ3n) is 4.54. The summed E-state index contributed by atoms with van der Waals surface area (Å²) in [6, 6.07) is 7.84. The molecule has 1 N–H and O–H groups in total. The number of ether oxygens (including phenoxy) is 1. The predicted octanol–water partition coefficient (Wildman–Crippen LogP) is 4.81. The lowest BCUT2D eigenvalue weighted by Gasteiger charge is -2.28. The molecule has 0 bridgehead atoms. The molecule has 0 saturated carbocycles. The Morgan fingerprint density at radius 3 is 2.28 bits per heavy atom. The number of nitrogens with zero attached hydrogens (tertiary/aromatic N) is 1. The van der Waals surface area contributed by atoms with Crippen LogP contribution in [-0.4, -0.2) is 36.4 Å². The van der Waals surface area contributed by atoms with Crippen LogP contribution in [0.5, 0.6) is 5.75 Å². The highest BCUT2D eigenvalue weighted by atomic mass is 35.5. The molecule has 0 spiro atoms. The molecule has 0 aliphatic heterocycles. The predicted molar refractivity (Wildman–Crippen MR) is 117 cm³/mol. The van der Waals surface area contributed by atoms with E-state index in [1.54, 1.807) is 37.3 Å². The van der Waals surface area contributed by atoms with E-state index in [0.717, 1.165) is 11.1 Å². The number of hydrogen-bond acceptors (Lipinski definition) is 3. The number of amides is 2. The Kier molecular flexibility index (Phi) is 8.20. The Morgan fingerprint density at radius 2 is 1.72 bits per heavy atom. The van der Waals surface area contributed by atoms with E-state index in [1.165, 1.54) is 11.9 Å². The summed E-state index contributed by atoms with van der Waals surface area (Å²) in [5.74, 6) is -0.103. The van der Waals surface area contributed by atoms with Crippen LogP contribution < -0.4 is 10.1 Å². The molecule has 0 radical (unpaired) electrons. The largest absolute Gasteiger partial charge is 0.484 e. The minimum absolute atomic E-state index is 0.144. The average Bonchev–Trinajstić information content (AvgIpc) is 2.68. The van der Waals surface area contributed by atoms with Crippen LogP contribution >= 0.6 is 34.8 Å². The Balaban J connectivity index is 2.21. The van der Waals surface area contributed by atoms with Crippen molar-refractivity contribution in [3.05, 3.63) is 62.1 Å². The monoisotopic (exact) mass is 456 g/mol. The molecule has 5 nitrogen and oxygen atoms in total. The van der Waals surface area contributed by atoms with Gasteiger partial charge in [0, 0.05) is 28.7 Å². The Hall–Kier alpha value is -1.95. The number of hydrogen-bond donors (Lipinski definition) is 1. The molecule has 0 aliphatic carbocycles. The summed E-state index contributed by atoms with van der Waals surface area (Å²) < 4.78 is 5.68. The first-order valence-electron chi connectivity index (χ1n) is 8.98. The first kappa shape index (κ1) is 23.3. The molecule has 2 rings (SSSR count).